The molecule has 0 fully saturated rings. The fourth-order valence-corrected chi connectivity index (χ4v) is 9.36. The maximum absolute atomic E-state index is 6.91. The third kappa shape index (κ3) is 3.68. The summed E-state index contributed by atoms with van der Waals surface area (Å²) in [7, 11) is -2.44. The van der Waals surface area contributed by atoms with Crippen molar-refractivity contribution < 1.29 is 4.43 Å². The van der Waals surface area contributed by atoms with Crippen molar-refractivity contribution in [3.8, 4) is 0 Å². The Kier molecular flexibility index (Phi) is 5.64. The van der Waals surface area contributed by atoms with Gasteiger partial charge in [0.25, 0.3) is 8.32 Å². The van der Waals surface area contributed by atoms with Crippen molar-refractivity contribution >= 4 is 46.0 Å². The molecule has 0 spiro atoms. The van der Waals surface area contributed by atoms with Gasteiger partial charge in [0.15, 0.2) is 0 Å². The van der Waals surface area contributed by atoms with Gasteiger partial charge in [-0.15, -0.1) is 11.3 Å². The fraction of sp³-hybridized carbons (Fsp3) is 0.238. The molecule has 0 radical (unpaired) electrons. The highest BCUT2D eigenvalue weighted by Gasteiger charge is 2.50. The summed E-state index contributed by atoms with van der Waals surface area (Å²) in [6.45, 7) is 7.56. The second-order valence-electron chi connectivity index (χ2n) is 7.14. The van der Waals surface area contributed by atoms with Gasteiger partial charge in [0, 0.05) is 9.35 Å². The van der Waals surface area contributed by atoms with Gasteiger partial charge < -0.3 is 4.43 Å². The highest BCUT2D eigenvalue weighted by Crippen LogP contribution is 2.38. The lowest BCUT2D eigenvalue weighted by Gasteiger charge is -2.43. The van der Waals surface area contributed by atoms with Crippen molar-refractivity contribution in [1.29, 1.82) is 0 Å². The predicted octanol–water partition coefficient (Wildman–Crippen LogP) is 5.59. The van der Waals surface area contributed by atoms with Crippen LogP contribution in [0, 0.1) is 0 Å². The van der Waals surface area contributed by atoms with Gasteiger partial charge in [-0.1, -0.05) is 81.4 Å². The molecule has 0 bridgehead atoms. The van der Waals surface area contributed by atoms with E-state index in [9.17, 15) is 0 Å². The van der Waals surface area contributed by atoms with E-state index in [-0.39, 0.29) is 5.04 Å². The molecule has 0 saturated carbocycles. The number of benzene rings is 2. The van der Waals surface area contributed by atoms with Crippen LogP contribution in [-0.4, -0.2) is 8.32 Å². The summed E-state index contributed by atoms with van der Waals surface area (Å²) in [4.78, 5) is 1.24. The average Bonchev–Trinajstić information content (AvgIpc) is 3.01. The van der Waals surface area contributed by atoms with Crippen molar-refractivity contribution in [2.24, 2.45) is 0 Å². The molecule has 3 aromatic rings. The van der Waals surface area contributed by atoms with Gasteiger partial charge >= 0.3 is 0 Å². The Morgan fingerprint density at radius 3 is 1.80 bits per heavy atom. The van der Waals surface area contributed by atoms with Gasteiger partial charge in [0.05, 0.1) is 6.61 Å². The van der Waals surface area contributed by atoms with Gasteiger partial charge in [0.1, 0.15) is 0 Å². The molecule has 130 valence electrons. The molecular formula is C21H23BrOSSi. The molecule has 0 saturated heterocycles. The molecule has 1 heterocycles. The third-order valence-corrected chi connectivity index (χ3v) is 11.4. The third-order valence-electron chi connectivity index (χ3n) is 4.53. The molecule has 0 unspecified atom stereocenters. The lowest BCUT2D eigenvalue weighted by molar-refractivity contribution is 0.289. The molecule has 0 aliphatic carbocycles. The molecule has 0 aliphatic rings. The van der Waals surface area contributed by atoms with E-state index in [0.717, 1.165) is 4.47 Å². The first kappa shape index (κ1) is 18.6. The number of hydrogen-bond donors (Lipinski definition) is 0. The minimum absolute atomic E-state index is 0.0133. The van der Waals surface area contributed by atoms with Gasteiger partial charge in [-0.3, -0.25) is 0 Å². The summed E-state index contributed by atoms with van der Waals surface area (Å²) in [5.41, 5.74) is 0. The average molecular weight is 431 g/mol. The van der Waals surface area contributed by atoms with Crippen molar-refractivity contribution in [3.63, 3.8) is 0 Å². The molecule has 1 aromatic heterocycles. The number of rotatable bonds is 5. The van der Waals surface area contributed by atoms with E-state index in [1.54, 1.807) is 11.3 Å². The Balaban J connectivity index is 2.13. The topological polar surface area (TPSA) is 9.23 Å². The maximum Gasteiger partial charge on any atom is 0.261 e. The first-order valence-electron chi connectivity index (χ1n) is 8.42. The first-order valence-corrected chi connectivity index (χ1v) is 12.0. The van der Waals surface area contributed by atoms with Crippen LogP contribution >= 0.6 is 27.3 Å². The quantitative estimate of drug-likeness (QED) is 0.479. The molecule has 0 amide bonds. The zero-order valence-electron chi connectivity index (χ0n) is 14.8. The van der Waals surface area contributed by atoms with Gasteiger partial charge in [-0.2, -0.15) is 0 Å². The molecule has 3 rings (SSSR count). The van der Waals surface area contributed by atoms with Crippen molar-refractivity contribution in [3.05, 3.63) is 81.5 Å². The first-order chi connectivity index (χ1) is 11.9. The van der Waals surface area contributed by atoms with Crippen molar-refractivity contribution in [2.45, 2.75) is 32.4 Å². The van der Waals surface area contributed by atoms with Crippen LogP contribution in [0.2, 0.25) is 5.04 Å². The minimum atomic E-state index is -2.44. The Labute approximate surface area is 163 Å². The van der Waals surface area contributed by atoms with Crippen LogP contribution in [0.4, 0.5) is 0 Å². The number of halogens is 1. The normalized spacial score (nSPS) is 12.3. The Morgan fingerprint density at radius 2 is 1.40 bits per heavy atom. The summed E-state index contributed by atoms with van der Waals surface area (Å²) in [6.07, 6.45) is 0. The van der Waals surface area contributed by atoms with E-state index in [1.165, 1.54) is 15.3 Å². The van der Waals surface area contributed by atoms with E-state index in [2.05, 4.69) is 109 Å². The Hall–Kier alpha value is -1.20. The molecule has 2 aromatic carbocycles. The highest BCUT2D eigenvalue weighted by atomic mass is 79.9. The summed E-state index contributed by atoms with van der Waals surface area (Å²) in [5.74, 6) is 0. The second kappa shape index (κ2) is 7.58. The van der Waals surface area contributed by atoms with E-state index >= 15 is 0 Å². The molecule has 1 nitrogen and oxygen atoms in total. The largest absolute Gasteiger partial charge is 0.402 e. The zero-order valence-corrected chi connectivity index (χ0v) is 18.2. The summed E-state index contributed by atoms with van der Waals surface area (Å²) < 4.78 is 8.05. The van der Waals surface area contributed by atoms with E-state index < -0.39 is 8.32 Å². The standard InChI is InChI=1S/C21H23BrOSSi/c1-21(2,3)25(17-10-6-4-7-11-17,18-12-8-5-9-13-18)23-16-20-19(22)14-15-24-20/h4-15H,16H2,1-3H3. The fourth-order valence-electron chi connectivity index (χ4n) is 3.36. The Bertz CT molecular complexity index is 769. The molecule has 0 N–H and O–H groups in total. The minimum Gasteiger partial charge on any atom is -0.402 e. The summed E-state index contributed by atoms with van der Waals surface area (Å²) in [6, 6.07) is 23.6. The maximum atomic E-state index is 6.91. The molecular weight excluding hydrogens is 408 g/mol. The number of hydrogen-bond acceptors (Lipinski definition) is 2. The Morgan fingerprint density at radius 1 is 0.880 bits per heavy atom. The molecule has 0 atom stereocenters. The van der Waals surface area contributed by atoms with Crippen molar-refractivity contribution in [2.75, 3.05) is 0 Å². The van der Waals surface area contributed by atoms with Crippen LogP contribution in [0.5, 0.6) is 0 Å². The SMILES string of the molecule is CC(C)(C)[Si](OCc1sccc1Br)(c1ccccc1)c1ccccc1. The summed E-state index contributed by atoms with van der Waals surface area (Å²) in [5, 5.41) is 4.76. The van der Waals surface area contributed by atoms with Crippen LogP contribution in [0.15, 0.2) is 76.6 Å². The highest BCUT2D eigenvalue weighted by molar-refractivity contribution is 9.10. The monoisotopic (exact) mass is 430 g/mol. The van der Waals surface area contributed by atoms with Gasteiger partial charge in [-0.25, -0.2) is 0 Å². The van der Waals surface area contributed by atoms with E-state index in [4.69, 9.17) is 4.43 Å². The van der Waals surface area contributed by atoms with E-state index in [1.807, 2.05) is 0 Å². The van der Waals surface area contributed by atoms with Gasteiger partial charge in [-0.05, 0) is 42.8 Å². The van der Waals surface area contributed by atoms with E-state index in [0.29, 0.717) is 6.61 Å². The smallest absolute Gasteiger partial charge is 0.261 e. The van der Waals surface area contributed by atoms with Gasteiger partial charge in [0.2, 0.25) is 0 Å². The van der Waals surface area contributed by atoms with Crippen LogP contribution in [0.25, 0.3) is 0 Å². The van der Waals surface area contributed by atoms with Crippen LogP contribution in [0.1, 0.15) is 25.6 Å². The summed E-state index contributed by atoms with van der Waals surface area (Å²) >= 11 is 5.38. The van der Waals surface area contributed by atoms with Crippen LogP contribution in [0.3, 0.4) is 0 Å². The number of thiophene rings is 1. The lowest BCUT2D eigenvalue weighted by atomic mass is 10.2. The zero-order chi connectivity index (χ0) is 17.9. The van der Waals surface area contributed by atoms with Crippen LogP contribution in [-0.2, 0) is 11.0 Å². The predicted molar refractivity (Wildman–Crippen MR) is 114 cm³/mol. The molecule has 25 heavy (non-hydrogen) atoms. The molecule has 4 heteroatoms. The van der Waals surface area contributed by atoms with Crippen LogP contribution < -0.4 is 10.4 Å². The second-order valence-corrected chi connectivity index (χ2v) is 13.3. The lowest BCUT2D eigenvalue weighted by Crippen LogP contribution is -2.66. The van der Waals surface area contributed by atoms with Crippen molar-refractivity contribution in [1.82, 2.24) is 0 Å². The molecule has 0 aliphatic heterocycles.